The predicted octanol–water partition coefficient (Wildman–Crippen LogP) is 6.53. The summed E-state index contributed by atoms with van der Waals surface area (Å²) < 4.78 is 0. The Hall–Kier alpha value is -0.0400. The lowest BCUT2D eigenvalue weighted by molar-refractivity contribution is 0.550. The maximum Gasteiger partial charge on any atom is -0.00495 e. The molecule has 0 aromatic carbocycles. The van der Waals surface area contributed by atoms with E-state index < -0.39 is 0 Å². The van der Waals surface area contributed by atoms with E-state index in [0.717, 1.165) is 24.3 Å². The van der Waals surface area contributed by atoms with Crippen molar-refractivity contribution < 1.29 is 0 Å². The van der Waals surface area contributed by atoms with Gasteiger partial charge < -0.3 is 5.32 Å². The third-order valence-electron chi connectivity index (χ3n) is 2.97. The molecular weight excluding hydrogens is 242 g/mol. The highest BCUT2D eigenvalue weighted by atomic mass is 14.8. The molecule has 0 rings (SSSR count). The summed E-state index contributed by atoms with van der Waals surface area (Å²) in [6.45, 7) is 19.1. The molecule has 0 saturated carbocycles. The highest BCUT2D eigenvalue weighted by molar-refractivity contribution is 4.45. The van der Waals surface area contributed by atoms with Gasteiger partial charge in [0, 0.05) is 0 Å². The van der Waals surface area contributed by atoms with Crippen molar-refractivity contribution in [1.82, 2.24) is 5.32 Å². The number of hydrogen-bond donors (Lipinski definition) is 1. The van der Waals surface area contributed by atoms with E-state index in [1.54, 1.807) is 0 Å². The molecule has 1 heteroatoms. The average molecular weight is 288 g/mol. The fourth-order valence-corrected chi connectivity index (χ4v) is 1.62. The van der Waals surface area contributed by atoms with Crippen molar-refractivity contribution in [3.63, 3.8) is 0 Å². The molecule has 0 spiro atoms. The van der Waals surface area contributed by atoms with Crippen LogP contribution in [0.25, 0.3) is 0 Å². The third-order valence-corrected chi connectivity index (χ3v) is 2.97. The van der Waals surface area contributed by atoms with E-state index in [9.17, 15) is 0 Å². The van der Waals surface area contributed by atoms with Crippen molar-refractivity contribution in [2.24, 2.45) is 17.8 Å². The topological polar surface area (TPSA) is 12.0 Å². The summed E-state index contributed by atoms with van der Waals surface area (Å²) in [6, 6.07) is 0. The van der Waals surface area contributed by atoms with Crippen LogP contribution in [0.3, 0.4) is 0 Å². The molecule has 0 radical (unpaired) electrons. The van der Waals surface area contributed by atoms with Crippen molar-refractivity contribution in [1.29, 1.82) is 0 Å². The molecule has 0 aliphatic rings. The molecule has 0 amide bonds. The smallest absolute Gasteiger partial charge is 0.00495 e. The van der Waals surface area contributed by atoms with Gasteiger partial charge in [-0.3, -0.25) is 0 Å². The minimum Gasteiger partial charge on any atom is -0.320 e. The Balaban J connectivity index is -0.000000218. The Labute approximate surface area is 131 Å². The minimum absolute atomic E-state index is 0.840. The second kappa shape index (κ2) is 21.3. The Morgan fingerprint density at radius 3 is 1.20 bits per heavy atom. The first-order valence-corrected chi connectivity index (χ1v) is 8.96. The zero-order valence-corrected chi connectivity index (χ0v) is 16.2. The molecule has 0 aliphatic carbocycles. The van der Waals surface area contributed by atoms with Gasteiger partial charge >= 0.3 is 0 Å². The van der Waals surface area contributed by atoms with Crippen LogP contribution < -0.4 is 5.32 Å². The normalized spacial score (nSPS) is 10.2. The van der Waals surface area contributed by atoms with Crippen LogP contribution in [0.4, 0.5) is 0 Å². The second-order valence-electron chi connectivity index (χ2n) is 7.00. The van der Waals surface area contributed by atoms with Crippen LogP contribution in [0.2, 0.25) is 0 Å². The number of hydrogen-bond acceptors (Lipinski definition) is 1. The molecule has 1 nitrogen and oxygen atoms in total. The summed E-state index contributed by atoms with van der Waals surface area (Å²) in [5, 5.41) is 3.10. The van der Waals surface area contributed by atoms with Crippen LogP contribution in [-0.4, -0.2) is 13.6 Å². The number of unbranched alkanes of at least 4 members (excludes halogenated alkanes) is 1. The SMILES string of the molecule is CCCC(C)C.CCCCC(C)C.CNCCC(C)C. The molecule has 0 bridgehead atoms. The Bertz CT molecular complexity index is 127. The summed E-state index contributed by atoms with van der Waals surface area (Å²) in [5.74, 6) is 2.64. The zero-order valence-electron chi connectivity index (χ0n) is 16.2. The summed E-state index contributed by atoms with van der Waals surface area (Å²) in [7, 11) is 1.99. The fraction of sp³-hybridized carbons (Fsp3) is 1.00. The quantitative estimate of drug-likeness (QED) is 0.535. The van der Waals surface area contributed by atoms with E-state index in [1.165, 1.54) is 38.5 Å². The molecule has 1 N–H and O–H groups in total. The third kappa shape index (κ3) is 43.0. The Kier molecular flexibility index (Phi) is 26.5. The van der Waals surface area contributed by atoms with Crippen LogP contribution in [0.5, 0.6) is 0 Å². The lowest BCUT2D eigenvalue weighted by atomic mass is 10.1. The van der Waals surface area contributed by atoms with E-state index in [0.29, 0.717) is 0 Å². The fourth-order valence-electron chi connectivity index (χ4n) is 1.62. The number of nitrogens with one attached hydrogen (secondary N) is 1. The monoisotopic (exact) mass is 287 g/mol. The maximum absolute atomic E-state index is 3.10. The number of rotatable bonds is 8. The van der Waals surface area contributed by atoms with E-state index in [4.69, 9.17) is 0 Å². The van der Waals surface area contributed by atoms with E-state index >= 15 is 0 Å². The van der Waals surface area contributed by atoms with Gasteiger partial charge in [-0.15, -0.1) is 0 Å². The highest BCUT2D eigenvalue weighted by Crippen LogP contribution is 2.04. The zero-order chi connectivity index (χ0) is 16.4. The van der Waals surface area contributed by atoms with Crippen molar-refractivity contribution >= 4 is 0 Å². The molecule has 0 saturated heterocycles. The van der Waals surface area contributed by atoms with Crippen LogP contribution >= 0.6 is 0 Å². The van der Waals surface area contributed by atoms with Crippen molar-refractivity contribution in [3.05, 3.63) is 0 Å². The lowest BCUT2D eigenvalue weighted by Crippen LogP contribution is -2.09. The Morgan fingerprint density at radius 1 is 0.650 bits per heavy atom. The molecule has 0 heterocycles. The first-order valence-electron chi connectivity index (χ1n) is 8.96. The van der Waals surface area contributed by atoms with Gasteiger partial charge in [0.15, 0.2) is 0 Å². The first-order chi connectivity index (χ1) is 9.31. The van der Waals surface area contributed by atoms with Gasteiger partial charge in [0.05, 0.1) is 0 Å². The molecule has 0 aromatic heterocycles. The van der Waals surface area contributed by atoms with E-state index in [1.807, 2.05) is 7.05 Å². The van der Waals surface area contributed by atoms with Gasteiger partial charge in [-0.25, -0.2) is 0 Å². The van der Waals surface area contributed by atoms with Crippen LogP contribution in [0, 0.1) is 17.8 Å². The highest BCUT2D eigenvalue weighted by Gasteiger charge is 1.89. The van der Waals surface area contributed by atoms with E-state index in [-0.39, 0.29) is 0 Å². The average Bonchev–Trinajstić information content (AvgIpc) is 2.35. The van der Waals surface area contributed by atoms with Crippen molar-refractivity contribution in [3.8, 4) is 0 Å². The minimum atomic E-state index is 0.840. The summed E-state index contributed by atoms with van der Waals surface area (Å²) in [5.41, 5.74) is 0. The maximum atomic E-state index is 3.10. The first kappa shape index (κ1) is 24.9. The molecule has 20 heavy (non-hydrogen) atoms. The second-order valence-corrected chi connectivity index (χ2v) is 7.00. The van der Waals surface area contributed by atoms with Gasteiger partial charge in [-0.1, -0.05) is 87.5 Å². The molecular formula is C19H45N. The summed E-state index contributed by atoms with van der Waals surface area (Å²) in [4.78, 5) is 0. The molecule has 126 valence electrons. The summed E-state index contributed by atoms with van der Waals surface area (Å²) in [6.07, 6.45) is 8.14. The molecule has 0 unspecified atom stereocenters. The Morgan fingerprint density at radius 2 is 1.10 bits per heavy atom. The molecule has 0 fully saturated rings. The predicted molar refractivity (Wildman–Crippen MR) is 97.5 cm³/mol. The summed E-state index contributed by atoms with van der Waals surface area (Å²) >= 11 is 0. The van der Waals surface area contributed by atoms with Gasteiger partial charge in [0.2, 0.25) is 0 Å². The van der Waals surface area contributed by atoms with Crippen molar-refractivity contribution in [2.75, 3.05) is 13.6 Å². The largest absolute Gasteiger partial charge is 0.320 e. The lowest BCUT2D eigenvalue weighted by Gasteiger charge is -2.00. The standard InChI is InChI=1S/C7H16.C6H15N.C6H14/c1-4-5-6-7(2)3;1-6(2)4-5-7-3;1-4-5-6(2)3/h7H,4-6H2,1-3H3;6-7H,4-5H2,1-3H3;6H,4-5H2,1-3H3. The van der Waals surface area contributed by atoms with Gasteiger partial charge in [0.1, 0.15) is 0 Å². The van der Waals surface area contributed by atoms with Crippen LogP contribution in [-0.2, 0) is 0 Å². The molecule has 0 aliphatic heterocycles. The van der Waals surface area contributed by atoms with E-state index in [2.05, 4.69) is 60.7 Å². The van der Waals surface area contributed by atoms with Gasteiger partial charge in [-0.2, -0.15) is 0 Å². The van der Waals surface area contributed by atoms with Crippen LogP contribution in [0.1, 0.15) is 93.9 Å². The van der Waals surface area contributed by atoms with Crippen LogP contribution in [0.15, 0.2) is 0 Å². The van der Waals surface area contributed by atoms with Gasteiger partial charge in [-0.05, 0) is 37.8 Å². The van der Waals surface area contributed by atoms with Gasteiger partial charge in [0.25, 0.3) is 0 Å². The van der Waals surface area contributed by atoms with Crippen molar-refractivity contribution in [2.45, 2.75) is 93.9 Å². The molecule has 0 aromatic rings. The molecule has 0 atom stereocenters.